The van der Waals surface area contributed by atoms with Crippen molar-refractivity contribution < 1.29 is 9.53 Å². The highest BCUT2D eigenvalue weighted by Gasteiger charge is 2.20. The summed E-state index contributed by atoms with van der Waals surface area (Å²) in [6.07, 6.45) is 4.73. The van der Waals surface area contributed by atoms with E-state index >= 15 is 0 Å². The van der Waals surface area contributed by atoms with Crippen LogP contribution in [0.4, 0.5) is 5.69 Å². The standard InChI is InChI=1S/C13H16ClNO2/c1-17-13(16)10-7-4-8-11(14)12(10)15-9-5-2-3-6-9/h4,7-9,15H,2-3,5-6H2,1H3. The fraction of sp³-hybridized carbons (Fsp3) is 0.462. The Kier molecular flexibility index (Phi) is 3.89. The van der Waals surface area contributed by atoms with Gasteiger partial charge in [0, 0.05) is 6.04 Å². The van der Waals surface area contributed by atoms with Crippen LogP contribution in [0.25, 0.3) is 0 Å². The maximum atomic E-state index is 11.6. The molecule has 0 amide bonds. The molecule has 0 atom stereocenters. The van der Waals surface area contributed by atoms with Crippen LogP contribution < -0.4 is 5.32 Å². The molecule has 1 fully saturated rings. The minimum atomic E-state index is -0.354. The number of carbonyl (C=O) groups is 1. The molecule has 0 radical (unpaired) electrons. The van der Waals surface area contributed by atoms with E-state index in [1.807, 2.05) is 0 Å². The van der Waals surface area contributed by atoms with Gasteiger partial charge in [-0.25, -0.2) is 4.79 Å². The first-order chi connectivity index (χ1) is 8.22. The third-order valence-corrected chi connectivity index (χ3v) is 3.44. The first kappa shape index (κ1) is 12.2. The normalized spacial score (nSPS) is 15.9. The van der Waals surface area contributed by atoms with Gasteiger partial charge in [-0.15, -0.1) is 0 Å². The molecule has 3 nitrogen and oxygen atoms in total. The fourth-order valence-electron chi connectivity index (χ4n) is 2.23. The van der Waals surface area contributed by atoms with Gasteiger partial charge in [0.1, 0.15) is 0 Å². The van der Waals surface area contributed by atoms with Crippen LogP contribution in [0.1, 0.15) is 36.0 Å². The van der Waals surface area contributed by atoms with Crippen LogP contribution in [0.5, 0.6) is 0 Å². The molecule has 1 aliphatic carbocycles. The van der Waals surface area contributed by atoms with Crippen molar-refractivity contribution in [3.8, 4) is 0 Å². The molecule has 1 aromatic carbocycles. The van der Waals surface area contributed by atoms with Crippen molar-refractivity contribution in [2.45, 2.75) is 31.7 Å². The topological polar surface area (TPSA) is 38.3 Å². The minimum Gasteiger partial charge on any atom is -0.465 e. The molecule has 1 N–H and O–H groups in total. The highest BCUT2D eigenvalue weighted by molar-refractivity contribution is 6.34. The van der Waals surface area contributed by atoms with E-state index in [0.29, 0.717) is 22.3 Å². The number of rotatable bonds is 3. The SMILES string of the molecule is COC(=O)c1cccc(Cl)c1NC1CCCC1. The molecule has 1 saturated carbocycles. The number of hydrogen-bond donors (Lipinski definition) is 1. The zero-order valence-electron chi connectivity index (χ0n) is 9.83. The van der Waals surface area contributed by atoms with Crippen molar-refractivity contribution in [2.24, 2.45) is 0 Å². The predicted molar refractivity (Wildman–Crippen MR) is 68.7 cm³/mol. The van der Waals surface area contributed by atoms with Crippen molar-refractivity contribution in [3.63, 3.8) is 0 Å². The van der Waals surface area contributed by atoms with Crippen molar-refractivity contribution >= 4 is 23.3 Å². The zero-order valence-corrected chi connectivity index (χ0v) is 10.6. The molecular formula is C13H16ClNO2. The second-order valence-corrected chi connectivity index (χ2v) is 4.69. The lowest BCUT2D eigenvalue weighted by molar-refractivity contribution is 0.0602. The quantitative estimate of drug-likeness (QED) is 0.838. The Morgan fingerprint density at radius 2 is 2.12 bits per heavy atom. The maximum absolute atomic E-state index is 11.6. The van der Waals surface area contributed by atoms with Crippen LogP contribution in [-0.2, 0) is 4.74 Å². The Morgan fingerprint density at radius 3 is 2.76 bits per heavy atom. The van der Waals surface area contributed by atoms with Gasteiger partial charge in [0.05, 0.1) is 23.4 Å². The summed E-state index contributed by atoms with van der Waals surface area (Å²) >= 11 is 6.14. The number of methoxy groups -OCH3 is 1. The molecule has 92 valence electrons. The molecular weight excluding hydrogens is 238 g/mol. The van der Waals surface area contributed by atoms with Crippen LogP contribution in [0.2, 0.25) is 5.02 Å². The molecule has 0 spiro atoms. The number of anilines is 1. The fourth-order valence-corrected chi connectivity index (χ4v) is 2.45. The summed E-state index contributed by atoms with van der Waals surface area (Å²) < 4.78 is 4.76. The number of para-hydroxylation sites is 1. The van der Waals surface area contributed by atoms with Crippen molar-refractivity contribution in [1.29, 1.82) is 0 Å². The van der Waals surface area contributed by atoms with Crippen LogP contribution in [0, 0.1) is 0 Å². The van der Waals surface area contributed by atoms with Gasteiger partial charge >= 0.3 is 5.97 Å². The second-order valence-electron chi connectivity index (χ2n) is 4.28. The summed E-state index contributed by atoms with van der Waals surface area (Å²) in [6.45, 7) is 0. The molecule has 0 heterocycles. The van der Waals surface area contributed by atoms with Gasteiger partial charge in [-0.2, -0.15) is 0 Å². The smallest absolute Gasteiger partial charge is 0.340 e. The molecule has 0 unspecified atom stereocenters. The summed E-state index contributed by atoms with van der Waals surface area (Å²) in [5, 5.41) is 3.93. The molecule has 17 heavy (non-hydrogen) atoms. The Labute approximate surface area is 106 Å². The third-order valence-electron chi connectivity index (χ3n) is 3.12. The van der Waals surface area contributed by atoms with E-state index in [9.17, 15) is 4.79 Å². The Bertz CT molecular complexity index is 414. The lowest BCUT2D eigenvalue weighted by Gasteiger charge is -2.17. The van der Waals surface area contributed by atoms with E-state index in [4.69, 9.17) is 16.3 Å². The molecule has 1 aromatic rings. The summed E-state index contributed by atoms with van der Waals surface area (Å²) in [5.74, 6) is -0.354. The lowest BCUT2D eigenvalue weighted by atomic mass is 10.1. The van der Waals surface area contributed by atoms with E-state index in [-0.39, 0.29) is 5.97 Å². The Hall–Kier alpha value is -1.22. The van der Waals surface area contributed by atoms with Crippen molar-refractivity contribution in [2.75, 3.05) is 12.4 Å². The van der Waals surface area contributed by atoms with Gasteiger partial charge in [0.2, 0.25) is 0 Å². The number of hydrogen-bond acceptors (Lipinski definition) is 3. The van der Waals surface area contributed by atoms with Gasteiger partial charge in [-0.1, -0.05) is 30.5 Å². The minimum absolute atomic E-state index is 0.354. The van der Waals surface area contributed by atoms with Crippen LogP contribution in [-0.4, -0.2) is 19.1 Å². The zero-order chi connectivity index (χ0) is 12.3. The largest absolute Gasteiger partial charge is 0.465 e. The summed E-state index contributed by atoms with van der Waals surface area (Å²) in [6, 6.07) is 5.69. The van der Waals surface area contributed by atoms with Gasteiger partial charge in [0.15, 0.2) is 0 Å². The molecule has 2 rings (SSSR count). The van der Waals surface area contributed by atoms with Crippen LogP contribution in [0.3, 0.4) is 0 Å². The summed E-state index contributed by atoms with van der Waals surface area (Å²) in [5.41, 5.74) is 1.21. The average Bonchev–Trinajstić information content (AvgIpc) is 2.83. The molecule has 0 saturated heterocycles. The van der Waals surface area contributed by atoms with E-state index in [1.165, 1.54) is 20.0 Å². The van der Waals surface area contributed by atoms with Gasteiger partial charge in [0.25, 0.3) is 0 Å². The highest BCUT2D eigenvalue weighted by Crippen LogP contribution is 2.30. The number of carbonyl (C=O) groups excluding carboxylic acids is 1. The second kappa shape index (κ2) is 5.41. The molecule has 4 heteroatoms. The van der Waals surface area contributed by atoms with Gasteiger partial charge < -0.3 is 10.1 Å². The monoisotopic (exact) mass is 253 g/mol. The van der Waals surface area contributed by atoms with Crippen LogP contribution in [0.15, 0.2) is 18.2 Å². The average molecular weight is 254 g/mol. The third kappa shape index (κ3) is 2.72. The first-order valence-electron chi connectivity index (χ1n) is 5.85. The molecule has 1 aliphatic rings. The number of benzene rings is 1. The highest BCUT2D eigenvalue weighted by atomic mass is 35.5. The number of ether oxygens (including phenoxy) is 1. The first-order valence-corrected chi connectivity index (χ1v) is 6.23. The number of halogens is 1. The number of nitrogens with one attached hydrogen (secondary N) is 1. The predicted octanol–water partition coefficient (Wildman–Crippen LogP) is 3.48. The van der Waals surface area contributed by atoms with Crippen LogP contribution >= 0.6 is 11.6 Å². The summed E-state index contributed by atoms with van der Waals surface area (Å²) in [7, 11) is 1.38. The molecule has 0 bridgehead atoms. The van der Waals surface area contributed by atoms with Crippen molar-refractivity contribution in [3.05, 3.63) is 28.8 Å². The van der Waals surface area contributed by atoms with Gasteiger partial charge in [-0.3, -0.25) is 0 Å². The van der Waals surface area contributed by atoms with Gasteiger partial charge in [-0.05, 0) is 25.0 Å². The number of esters is 1. The van der Waals surface area contributed by atoms with E-state index < -0.39 is 0 Å². The van der Waals surface area contributed by atoms with E-state index in [0.717, 1.165) is 12.8 Å². The Morgan fingerprint density at radius 1 is 1.41 bits per heavy atom. The van der Waals surface area contributed by atoms with E-state index in [2.05, 4.69) is 5.32 Å². The summed E-state index contributed by atoms with van der Waals surface area (Å²) in [4.78, 5) is 11.6. The maximum Gasteiger partial charge on any atom is 0.340 e. The Balaban J connectivity index is 2.26. The molecule has 0 aliphatic heterocycles. The molecule has 0 aromatic heterocycles. The van der Waals surface area contributed by atoms with E-state index in [1.54, 1.807) is 18.2 Å². The lowest BCUT2D eigenvalue weighted by Crippen LogP contribution is -2.17. The van der Waals surface area contributed by atoms with Crippen molar-refractivity contribution in [1.82, 2.24) is 0 Å².